The van der Waals surface area contributed by atoms with Crippen LogP contribution in [0.3, 0.4) is 0 Å². The predicted molar refractivity (Wildman–Crippen MR) is 81.6 cm³/mol. The van der Waals surface area contributed by atoms with E-state index in [0.717, 1.165) is 18.6 Å². The van der Waals surface area contributed by atoms with Crippen LogP contribution in [0.15, 0.2) is 24.3 Å². The van der Waals surface area contributed by atoms with Crippen molar-refractivity contribution in [2.45, 2.75) is 31.4 Å². The number of carbonyl (C=O) groups is 1. The molecule has 1 amide bonds. The van der Waals surface area contributed by atoms with Crippen molar-refractivity contribution in [3.63, 3.8) is 0 Å². The highest BCUT2D eigenvalue weighted by Gasteiger charge is 2.54. The van der Waals surface area contributed by atoms with E-state index in [1.165, 1.54) is 0 Å². The van der Waals surface area contributed by atoms with Gasteiger partial charge in [0, 0.05) is 38.0 Å². The van der Waals surface area contributed by atoms with E-state index in [-0.39, 0.29) is 29.7 Å². The summed E-state index contributed by atoms with van der Waals surface area (Å²) in [5, 5.41) is 12.4. The molecule has 1 saturated heterocycles. The summed E-state index contributed by atoms with van der Waals surface area (Å²) in [5.41, 5.74) is 1.05. The van der Waals surface area contributed by atoms with Crippen LogP contribution >= 0.6 is 0 Å². The quantitative estimate of drug-likeness (QED) is 0.835. The second-order valence-corrected chi connectivity index (χ2v) is 6.17. The highest BCUT2D eigenvalue weighted by Crippen LogP contribution is 2.43. The first-order valence-corrected chi connectivity index (χ1v) is 7.87. The molecule has 120 valence electrons. The third-order valence-corrected chi connectivity index (χ3v) is 4.79. The Bertz CT molecular complexity index is 516. The fraction of sp³-hybridized carbons (Fsp3) is 0.588. The van der Waals surface area contributed by atoms with Crippen LogP contribution in [0.5, 0.6) is 5.75 Å². The van der Waals surface area contributed by atoms with Gasteiger partial charge in [0.15, 0.2) is 0 Å². The van der Waals surface area contributed by atoms with Crippen molar-refractivity contribution in [3.05, 3.63) is 29.8 Å². The topological polar surface area (TPSA) is 67.8 Å². The molecule has 5 nitrogen and oxygen atoms in total. The van der Waals surface area contributed by atoms with Gasteiger partial charge in [0.2, 0.25) is 5.91 Å². The molecule has 0 unspecified atom stereocenters. The number of phenols is 1. The molecule has 0 aromatic heterocycles. The number of amides is 1. The second kappa shape index (κ2) is 6.67. The lowest BCUT2D eigenvalue weighted by Crippen LogP contribution is -2.62. The van der Waals surface area contributed by atoms with E-state index in [2.05, 4.69) is 5.32 Å². The third kappa shape index (κ3) is 3.10. The number of hydrogen-bond donors (Lipinski definition) is 2. The molecule has 5 heteroatoms. The number of phenolic OH excluding ortho intramolecular Hbond substituents is 1. The number of benzene rings is 1. The number of hydrogen-bond acceptors (Lipinski definition) is 4. The number of ether oxygens (including phenoxy) is 2. The van der Waals surface area contributed by atoms with Crippen LogP contribution in [0.1, 0.15) is 18.4 Å². The standard InChI is InChI=1S/C17H23NO4/c1-21-10-14-16(13-8-9-22-17(13)14)18-15(20)7-4-11-2-5-12(19)6-3-11/h2-3,5-6,13-14,16-17,19H,4,7-10H2,1H3,(H,18,20)/t13-,14-,16-,17-/m0/s1. The van der Waals surface area contributed by atoms with Crippen molar-refractivity contribution in [1.82, 2.24) is 5.32 Å². The lowest BCUT2D eigenvalue weighted by Gasteiger charge is -2.47. The summed E-state index contributed by atoms with van der Waals surface area (Å²) < 4.78 is 11.0. The molecule has 0 spiro atoms. The van der Waals surface area contributed by atoms with Gasteiger partial charge in [0.1, 0.15) is 5.75 Å². The number of carbonyl (C=O) groups excluding carboxylic acids is 1. The average molecular weight is 305 g/mol. The van der Waals surface area contributed by atoms with Gasteiger partial charge in [-0.15, -0.1) is 0 Å². The van der Waals surface area contributed by atoms with Gasteiger partial charge in [0.25, 0.3) is 0 Å². The zero-order valence-electron chi connectivity index (χ0n) is 12.8. The van der Waals surface area contributed by atoms with Crippen molar-refractivity contribution in [3.8, 4) is 5.75 Å². The summed E-state index contributed by atoms with van der Waals surface area (Å²) in [6.45, 7) is 1.42. The molecule has 1 heterocycles. The van der Waals surface area contributed by atoms with Gasteiger partial charge in [-0.05, 0) is 30.5 Å². The normalized spacial score (nSPS) is 29.7. The molecular weight excluding hydrogens is 282 g/mol. The van der Waals surface area contributed by atoms with E-state index in [1.54, 1.807) is 19.2 Å². The first kappa shape index (κ1) is 15.3. The van der Waals surface area contributed by atoms with Gasteiger partial charge in [-0.3, -0.25) is 4.79 Å². The summed E-state index contributed by atoms with van der Waals surface area (Å²) in [6.07, 6.45) is 2.41. The molecule has 2 aliphatic rings. The number of aryl methyl sites for hydroxylation is 1. The van der Waals surface area contributed by atoms with Crippen molar-refractivity contribution < 1.29 is 19.4 Å². The molecule has 1 aliphatic carbocycles. The maximum atomic E-state index is 12.2. The predicted octanol–water partition coefficient (Wildman–Crippen LogP) is 1.49. The molecule has 2 fully saturated rings. The molecule has 1 saturated carbocycles. The summed E-state index contributed by atoms with van der Waals surface area (Å²) in [6, 6.07) is 7.17. The molecule has 0 bridgehead atoms. The van der Waals surface area contributed by atoms with Crippen LogP contribution in [0.4, 0.5) is 0 Å². The van der Waals surface area contributed by atoms with Gasteiger partial charge in [-0.25, -0.2) is 0 Å². The number of rotatable bonds is 6. The van der Waals surface area contributed by atoms with Crippen molar-refractivity contribution in [1.29, 1.82) is 0 Å². The van der Waals surface area contributed by atoms with Crippen molar-refractivity contribution in [2.24, 2.45) is 11.8 Å². The fourth-order valence-electron chi connectivity index (χ4n) is 3.61. The molecule has 2 N–H and O–H groups in total. The monoisotopic (exact) mass is 305 g/mol. The van der Waals surface area contributed by atoms with Crippen LogP contribution in [0.2, 0.25) is 0 Å². The summed E-state index contributed by atoms with van der Waals surface area (Å²) in [4.78, 5) is 12.2. The van der Waals surface area contributed by atoms with E-state index in [1.807, 2.05) is 12.1 Å². The first-order chi connectivity index (χ1) is 10.7. The van der Waals surface area contributed by atoms with E-state index >= 15 is 0 Å². The number of nitrogens with one attached hydrogen (secondary N) is 1. The number of methoxy groups -OCH3 is 1. The Morgan fingerprint density at radius 3 is 2.91 bits per heavy atom. The van der Waals surface area contributed by atoms with Gasteiger partial charge in [-0.1, -0.05) is 12.1 Å². The maximum absolute atomic E-state index is 12.2. The Morgan fingerprint density at radius 1 is 1.41 bits per heavy atom. The highest BCUT2D eigenvalue weighted by atomic mass is 16.5. The van der Waals surface area contributed by atoms with E-state index in [4.69, 9.17) is 9.47 Å². The molecule has 0 radical (unpaired) electrons. The van der Waals surface area contributed by atoms with E-state index < -0.39 is 0 Å². The minimum absolute atomic E-state index is 0.0736. The fourth-order valence-corrected chi connectivity index (χ4v) is 3.61. The van der Waals surface area contributed by atoms with Crippen LogP contribution in [0, 0.1) is 11.8 Å². The lowest BCUT2D eigenvalue weighted by atomic mass is 9.67. The summed E-state index contributed by atoms with van der Waals surface area (Å²) in [5.74, 6) is 1.04. The Kier molecular flexibility index (Phi) is 4.64. The minimum Gasteiger partial charge on any atom is -0.508 e. The first-order valence-electron chi connectivity index (χ1n) is 7.87. The van der Waals surface area contributed by atoms with Gasteiger partial charge < -0.3 is 19.9 Å². The van der Waals surface area contributed by atoms with Crippen LogP contribution in [0.25, 0.3) is 0 Å². The number of fused-ring (bicyclic) bond motifs is 1. The van der Waals surface area contributed by atoms with Crippen LogP contribution in [-0.2, 0) is 20.7 Å². The Labute approximate surface area is 130 Å². The van der Waals surface area contributed by atoms with Crippen molar-refractivity contribution in [2.75, 3.05) is 20.3 Å². The zero-order chi connectivity index (χ0) is 15.5. The van der Waals surface area contributed by atoms with Gasteiger partial charge in [-0.2, -0.15) is 0 Å². The minimum atomic E-state index is 0.0736. The Morgan fingerprint density at radius 2 is 2.18 bits per heavy atom. The Balaban J connectivity index is 1.49. The molecule has 1 aliphatic heterocycles. The molecule has 3 rings (SSSR count). The maximum Gasteiger partial charge on any atom is 0.220 e. The molecule has 1 aromatic carbocycles. The van der Waals surface area contributed by atoms with Crippen LogP contribution in [-0.4, -0.2) is 43.5 Å². The average Bonchev–Trinajstić information content (AvgIpc) is 2.94. The third-order valence-electron chi connectivity index (χ3n) is 4.79. The highest BCUT2D eigenvalue weighted by molar-refractivity contribution is 5.76. The van der Waals surface area contributed by atoms with Gasteiger partial charge >= 0.3 is 0 Å². The lowest BCUT2D eigenvalue weighted by molar-refractivity contribution is -0.129. The van der Waals surface area contributed by atoms with Crippen molar-refractivity contribution >= 4 is 5.91 Å². The molecule has 4 atom stereocenters. The van der Waals surface area contributed by atoms with E-state index in [0.29, 0.717) is 25.4 Å². The SMILES string of the molecule is COC[C@H]1[C@@H](NC(=O)CCc2ccc(O)cc2)[C@@H]2CCO[C@@H]21. The zero-order valence-corrected chi connectivity index (χ0v) is 12.8. The summed E-state index contributed by atoms with van der Waals surface area (Å²) in [7, 11) is 1.69. The summed E-state index contributed by atoms with van der Waals surface area (Å²) >= 11 is 0. The largest absolute Gasteiger partial charge is 0.508 e. The number of aromatic hydroxyl groups is 1. The smallest absolute Gasteiger partial charge is 0.220 e. The second-order valence-electron chi connectivity index (χ2n) is 6.17. The molecule has 22 heavy (non-hydrogen) atoms. The molecule has 1 aromatic rings. The van der Waals surface area contributed by atoms with Crippen LogP contribution < -0.4 is 5.32 Å². The van der Waals surface area contributed by atoms with Gasteiger partial charge in [0.05, 0.1) is 12.7 Å². The molecular formula is C17H23NO4. The van der Waals surface area contributed by atoms with E-state index in [9.17, 15) is 9.90 Å². The Hall–Kier alpha value is -1.59.